The minimum absolute atomic E-state index is 0.110. The fourth-order valence-corrected chi connectivity index (χ4v) is 6.94. The minimum atomic E-state index is -0.359. The second-order valence-electron chi connectivity index (χ2n) is 10.3. The van der Waals surface area contributed by atoms with Crippen LogP contribution >= 0.6 is 0 Å². The Hall–Kier alpha value is -2.71. The Morgan fingerprint density at radius 3 is 2.56 bits per heavy atom. The van der Waals surface area contributed by atoms with Crippen LogP contribution in [0.3, 0.4) is 0 Å². The third-order valence-electron chi connectivity index (χ3n) is 8.75. The van der Waals surface area contributed by atoms with Gasteiger partial charge in [-0.15, -0.1) is 0 Å². The van der Waals surface area contributed by atoms with Gasteiger partial charge in [0.15, 0.2) is 0 Å². The van der Waals surface area contributed by atoms with E-state index in [1.807, 2.05) is 19.1 Å². The molecular formula is C26H30N2O6. The first-order chi connectivity index (χ1) is 16.4. The third kappa shape index (κ3) is 3.22. The Labute approximate surface area is 198 Å². The van der Waals surface area contributed by atoms with Crippen LogP contribution in [0.15, 0.2) is 23.9 Å². The number of likely N-dealkylation sites (tertiary alicyclic amines) is 1. The van der Waals surface area contributed by atoms with E-state index < -0.39 is 0 Å². The maximum absolute atomic E-state index is 13.5. The molecule has 3 atom stereocenters. The lowest BCUT2D eigenvalue weighted by molar-refractivity contribution is -0.140. The summed E-state index contributed by atoms with van der Waals surface area (Å²) in [7, 11) is 1.74. The molecule has 5 aliphatic rings. The molecule has 0 radical (unpaired) electrons. The van der Waals surface area contributed by atoms with Crippen LogP contribution in [0.25, 0.3) is 0 Å². The quantitative estimate of drug-likeness (QED) is 0.617. The maximum atomic E-state index is 13.5. The summed E-state index contributed by atoms with van der Waals surface area (Å²) in [5.74, 6) is -0.449. The molecule has 2 bridgehead atoms. The molecule has 1 aromatic carbocycles. The molecule has 180 valence electrons. The van der Waals surface area contributed by atoms with Gasteiger partial charge in [0, 0.05) is 43.9 Å². The van der Waals surface area contributed by atoms with Crippen LogP contribution in [0.5, 0.6) is 0 Å². The average Bonchev–Trinajstić information content (AvgIpc) is 3.55. The van der Waals surface area contributed by atoms with Crippen molar-refractivity contribution in [3.63, 3.8) is 0 Å². The second kappa shape index (κ2) is 7.92. The van der Waals surface area contributed by atoms with Gasteiger partial charge in [0.25, 0.3) is 0 Å². The molecule has 8 nitrogen and oxygen atoms in total. The maximum Gasteiger partial charge on any atom is 0.338 e. The molecule has 2 unspecified atom stereocenters. The highest BCUT2D eigenvalue weighted by Crippen LogP contribution is 2.52. The zero-order valence-corrected chi connectivity index (χ0v) is 19.7. The Bertz CT molecular complexity index is 1100. The predicted octanol–water partition coefficient (Wildman–Crippen LogP) is 2.64. The van der Waals surface area contributed by atoms with Gasteiger partial charge in [-0.3, -0.25) is 9.69 Å². The van der Waals surface area contributed by atoms with Gasteiger partial charge in [-0.1, -0.05) is 6.07 Å². The molecule has 8 heteroatoms. The summed E-state index contributed by atoms with van der Waals surface area (Å²) in [6, 6.07) is 4.54. The Kier molecular flexibility index (Phi) is 5.08. The smallest absolute Gasteiger partial charge is 0.338 e. The van der Waals surface area contributed by atoms with E-state index in [0.29, 0.717) is 36.5 Å². The normalized spacial score (nSPS) is 31.2. The number of rotatable bonds is 5. The molecule has 1 aromatic rings. The van der Waals surface area contributed by atoms with E-state index in [2.05, 4.69) is 4.90 Å². The van der Waals surface area contributed by atoms with E-state index >= 15 is 0 Å². The highest BCUT2D eigenvalue weighted by atomic mass is 16.5. The van der Waals surface area contributed by atoms with Gasteiger partial charge in [0.1, 0.15) is 13.2 Å². The van der Waals surface area contributed by atoms with Crippen molar-refractivity contribution in [3.05, 3.63) is 46.2 Å². The summed E-state index contributed by atoms with van der Waals surface area (Å²) in [6.07, 6.45) is 6.07. The van der Waals surface area contributed by atoms with Crippen LogP contribution in [-0.4, -0.2) is 66.5 Å². The molecule has 1 amide bonds. The monoisotopic (exact) mass is 466 g/mol. The van der Waals surface area contributed by atoms with Crippen LogP contribution in [0, 0.1) is 12.3 Å². The lowest BCUT2D eigenvalue weighted by atomic mass is 9.73. The number of esters is 2. The number of nitrogens with zero attached hydrogens (tertiary/aromatic N) is 2. The predicted molar refractivity (Wildman–Crippen MR) is 121 cm³/mol. The van der Waals surface area contributed by atoms with E-state index in [1.54, 1.807) is 12.0 Å². The first kappa shape index (κ1) is 21.8. The van der Waals surface area contributed by atoms with E-state index in [0.717, 1.165) is 55.3 Å². The fraction of sp³-hybridized carbons (Fsp3) is 0.577. The molecule has 3 fully saturated rings. The highest BCUT2D eigenvalue weighted by molar-refractivity contribution is 5.94. The van der Waals surface area contributed by atoms with Gasteiger partial charge < -0.3 is 19.1 Å². The minimum Gasteiger partial charge on any atom is -0.457 e. The number of hydrogen-bond donors (Lipinski definition) is 0. The van der Waals surface area contributed by atoms with Crippen molar-refractivity contribution in [2.75, 3.05) is 26.8 Å². The summed E-state index contributed by atoms with van der Waals surface area (Å²) in [4.78, 5) is 41.3. The Balaban J connectivity index is 1.20. The molecule has 0 N–H and O–H groups in total. The zero-order chi connectivity index (χ0) is 23.6. The number of ether oxygens (including phenoxy) is 3. The van der Waals surface area contributed by atoms with Crippen molar-refractivity contribution in [1.82, 2.24) is 9.80 Å². The van der Waals surface area contributed by atoms with E-state index in [-0.39, 0.29) is 36.0 Å². The highest BCUT2D eigenvalue weighted by Gasteiger charge is 2.56. The van der Waals surface area contributed by atoms with Crippen LogP contribution < -0.4 is 0 Å². The van der Waals surface area contributed by atoms with Crippen molar-refractivity contribution in [2.24, 2.45) is 5.41 Å². The second-order valence-corrected chi connectivity index (χ2v) is 10.3. The summed E-state index contributed by atoms with van der Waals surface area (Å²) in [5, 5.41) is 0. The first-order valence-corrected chi connectivity index (χ1v) is 12.2. The number of amides is 1. The van der Waals surface area contributed by atoms with Gasteiger partial charge in [-0.2, -0.15) is 0 Å². The van der Waals surface area contributed by atoms with Gasteiger partial charge in [0.2, 0.25) is 5.91 Å². The summed E-state index contributed by atoms with van der Waals surface area (Å²) >= 11 is 0. The largest absolute Gasteiger partial charge is 0.457 e. The molecule has 0 saturated carbocycles. The van der Waals surface area contributed by atoms with Crippen molar-refractivity contribution < 1.29 is 28.6 Å². The number of carbonyl (C=O) groups is 3. The lowest BCUT2D eigenvalue weighted by Crippen LogP contribution is -2.51. The van der Waals surface area contributed by atoms with E-state index in [1.165, 1.54) is 6.08 Å². The number of benzene rings is 1. The summed E-state index contributed by atoms with van der Waals surface area (Å²) in [5.41, 5.74) is 4.16. The molecule has 1 spiro atoms. The average molecular weight is 467 g/mol. The van der Waals surface area contributed by atoms with Crippen LogP contribution in [0.4, 0.5) is 0 Å². The number of carbonyl (C=O) groups excluding carboxylic acids is 3. The molecular weight excluding hydrogens is 436 g/mol. The van der Waals surface area contributed by atoms with Crippen molar-refractivity contribution in [3.8, 4) is 0 Å². The molecule has 5 heterocycles. The van der Waals surface area contributed by atoms with Crippen molar-refractivity contribution in [1.29, 1.82) is 0 Å². The van der Waals surface area contributed by atoms with Crippen LogP contribution in [0.1, 0.15) is 65.3 Å². The van der Waals surface area contributed by atoms with Crippen LogP contribution in [0.2, 0.25) is 0 Å². The van der Waals surface area contributed by atoms with Crippen molar-refractivity contribution >= 4 is 17.8 Å². The SMILES string of the molecule is CO[C@@H](CN1C2CCC1CC1(CCN(C3=CC(=O)OC3)C1=O)C2)c1ccc2c(c1C)COC2=O. The number of cyclic esters (lactones) is 2. The van der Waals surface area contributed by atoms with E-state index in [4.69, 9.17) is 14.2 Å². The number of hydrogen-bond acceptors (Lipinski definition) is 7. The summed E-state index contributed by atoms with van der Waals surface area (Å²) < 4.78 is 16.2. The van der Waals surface area contributed by atoms with Gasteiger partial charge >= 0.3 is 11.9 Å². The van der Waals surface area contributed by atoms with Gasteiger partial charge in [-0.25, -0.2) is 9.59 Å². The Morgan fingerprint density at radius 2 is 1.88 bits per heavy atom. The zero-order valence-electron chi connectivity index (χ0n) is 19.7. The standard InChI is InChI=1S/C26H30N2O6/c1-15-19(5-6-20-21(15)14-34-24(20)30)22(32-2)12-28-16-3-4-17(28)11-26(10-16)7-8-27(25(26)31)18-9-23(29)33-13-18/h5-6,9,16-17,22H,3-4,7-8,10-14H2,1-2H3/t16?,17?,22-,26?/m0/s1. The Morgan fingerprint density at radius 1 is 1.12 bits per heavy atom. The molecule has 3 saturated heterocycles. The molecule has 34 heavy (non-hydrogen) atoms. The fourth-order valence-electron chi connectivity index (χ4n) is 6.94. The molecule has 0 aromatic heterocycles. The number of piperidine rings is 1. The summed E-state index contributed by atoms with van der Waals surface area (Å²) in [6.45, 7) is 4.00. The number of methoxy groups -OCH3 is 1. The van der Waals surface area contributed by atoms with Crippen LogP contribution in [-0.2, 0) is 30.4 Å². The topological polar surface area (TPSA) is 85.4 Å². The van der Waals surface area contributed by atoms with Gasteiger partial charge in [0.05, 0.1) is 22.8 Å². The molecule has 6 rings (SSSR count). The van der Waals surface area contributed by atoms with Gasteiger partial charge in [-0.05, 0) is 56.2 Å². The van der Waals surface area contributed by atoms with E-state index in [9.17, 15) is 14.4 Å². The molecule has 5 aliphatic heterocycles. The first-order valence-electron chi connectivity index (χ1n) is 12.2. The molecule has 0 aliphatic carbocycles. The van der Waals surface area contributed by atoms with Crippen molar-refractivity contribution in [2.45, 2.75) is 63.8 Å². The number of fused-ring (bicyclic) bond motifs is 3. The lowest BCUT2D eigenvalue weighted by Gasteiger charge is -2.44. The third-order valence-corrected chi connectivity index (χ3v) is 8.75.